The van der Waals surface area contributed by atoms with Crippen molar-refractivity contribution >= 4 is 0 Å². The maximum absolute atomic E-state index is 3.63. The fourth-order valence-corrected chi connectivity index (χ4v) is 2.84. The summed E-state index contributed by atoms with van der Waals surface area (Å²) < 4.78 is 0. The summed E-state index contributed by atoms with van der Waals surface area (Å²) in [7, 11) is 4.27. The van der Waals surface area contributed by atoms with E-state index in [0.29, 0.717) is 12.1 Å². The minimum atomic E-state index is 0.434. The molecule has 1 saturated heterocycles. The van der Waals surface area contributed by atoms with Gasteiger partial charge in [0.2, 0.25) is 0 Å². The van der Waals surface area contributed by atoms with Gasteiger partial charge in [0.1, 0.15) is 0 Å². The highest BCUT2D eigenvalue weighted by molar-refractivity contribution is 5.31. The monoisotopic (exact) mass is 261 g/mol. The fraction of sp³-hybridized carbons (Fsp3) is 0.625. The molecular formula is C16H27N3. The lowest BCUT2D eigenvalue weighted by atomic mass is 9.95. The molecule has 1 fully saturated rings. The average Bonchev–Trinajstić information content (AvgIpc) is 2.39. The Morgan fingerprint density at radius 2 is 2.16 bits per heavy atom. The lowest BCUT2D eigenvalue weighted by Crippen LogP contribution is -2.50. The molecule has 106 valence electrons. The Morgan fingerprint density at radius 1 is 1.37 bits per heavy atom. The first-order valence-electron chi connectivity index (χ1n) is 7.26. The molecule has 1 aromatic carbocycles. The molecule has 1 aromatic rings. The molecule has 2 rings (SSSR count). The topological polar surface area (TPSA) is 27.3 Å². The van der Waals surface area contributed by atoms with E-state index in [4.69, 9.17) is 0 Å². The first-order valence-corrected chi connectivity index (χ1v) is 7.26. The van der Waals surface area contributed by atoms with Crippen LogP contribution in [0.2, 0.25) is 0 Å². The molecule has 0 aliphatic carbocycles. The predicted octanol–water partition coefficient (Wildman–Crippen LogP) is 1.86. The van der Waals surface area contributed by atoms with E-state index in [9.17, 15) is 0 Å². The zero-order chi connectivity index (χ0) is 13.8. The quantitative estimate of drug-likeness (QED) is 0.866. The van der Waals surface area contributed by atoms with Crippen molar-refractivity contribution in [1.29, 1.82) is 0 Å². The summed E-state index contributed by atoms with van der Waals surface area (Å²) in [6.07, 6.45) is 1.14. The van der Waals surface area contributed by atoms with Crippen LogP contribution in [0.5, 0.6) is 0 Å². The van der Waals surface area contributed by atoms with E-state index < -0.39 is 0 Å². The normalized spacial score (nSPS) is 22.4. The van der Waals surface area contributed by atoms with Crippen LogP contribution in [0, 0.1) is 13.8 Å². The van der Waals surface area contributed by atoms with Crippen molar-refractivity contribution in [3.8, 4) is 0 Å². The standard InChI is InChI=1S/C16H27N3/c1-12-5-6-14(9-13(12)2)16(17-3)10-15-11-19(4)8-7-18-15/h5-6,9,15-18H,7-8,10-11H2,1-4H3. The van der Waals surface area contributed by atoms with Crippen LogP contribution in [0.15, 0.2) is 18.2 Å². The summed E-state index contributed by atoms with van der Waals surface area (Å²) in [5.74, 6) is 0. The lowest BCUT2D eigenvalue weighted by molar-refractivity contribution is 0.222. The Labute approximate surface area is 117 Å². The molecule has 3 nitrogen and oxygen atoms in total. The second-order valence-corrected chi connectivity index (χ2v) is 5.83. The van der Waals surface area contributed by atoms with Crippen molar-refractivity contribution in [2.24, 2.45) is 0 Å². The van der Waals surface area contributed by atoms with Crippen LogP contribution in [0.4, 0.5) is 0 Å². The molecule has 1 heterocycles. The summed E-state index contributed by atoms with van der Waals surface area (Å²) >= 11 is 0. The lowest BCUT2D eigenvalue weighted by Gasteiger charge is -2.33. The number of hydrogen-bond donors (Lipinski definition) is 2. The minimum absolute atomic E-state index is 0.434. The van der Waals surface area contributed by atoms with Crippen molar-refractivity contribution in [3.63, 3.8) is 0 Å². The molecule has 0 amide bonds. The molecule has 0 saturated carbocycles. The van der Waals surface area contributed by atoms with Gasteiger partial charge in [-0.25, -0.2) is 0 Å². The highest BCUT2D eigenvalue weighted by Crippen LogP contribution is 2.21. The second-order valence-electron chi connectivity index (χ2n) is 5.83. The largest absolute Gasteiger partial charge is 0.313 e. The van der Waals surface area contributed by atoms with E-state index in [2.05, 4.69) is 61.7 Å². The van der Waals surface area contributed by atoms with Crippen LogP contribution in [0.3, 0.4) is 0 Å². The van der Waals surface area contributed by atoms with Crippen LogP contribution in [0.1, 0.15) is 29.2 Å². The molecular weight excluding hydrogens is 234 g/mol. The van der Waals surface area contributed by atoms with Gasteiger partial charge < -0.3 is 15.5 Å². The number of likely N-dealkylation sites (N-methyl/N-ethyl adjacent to an activating group) is 1. The van der Waals surface area contributed by atoms with Crippen molar-refractivity contribution in [2.45, 2.75) is 32.4 Å². The van der Waals surface area contributed by atoms with E-state index >= 15 is 0 Å². The third-order valence-corrected chi connectivity index (χ3v) is 4.26. The van der Waals surface area contributed by atoms with E-state index in [0.717, 1.165) is 26.1 Å². The SMILES string of the molecule is CNC(CC1CN(C)CCN1)c1ccc(C)c(C)c1. The number of piperazine rings is 1. The molecule has 19 heavy (non-hydrogen) atoms. The van der Waals surface area contributed by atoms with Crippen LogP contribution in [-0.4, -0.2) is 44.7 Å². The van der Waals surface area contributed by atoms with E-state index in [-0.39, 0.29) is 0 Å². The molecule has 2 unspecified atom stereocenters. The third-order valence-electron chi connectivity index (χ3n) is 4.26. The van der Waals surface area contributed by atoms with Gasteiger partial charge in [0.15, 0.2) is 0 Å². The van der Waals surface area contributed by atoms with E-state index in [1.54, 1.807) is 0 Å². The van der Waals surface area contributed by atoms with Gasteiger partial charge in [0.25, 0.3) is 0 Å². The first-order chi connectivity index (χ1) is 9.10. The molecule has 1 aliphatic heterocycles. The van der Waals surface area contributed by atoms with Crippen LogP contribution in [0.25, 0.3) is 0 Å². The highest BCUT2D eigenvalue weighted by atomic mass is 15.2. The van der Waals surface area contributed by atoms with Gasteiger partial charge in [-0.3, -0.25) is 0 Å². The van der Waals surface area contributed by atoms with Crippen LogP contribution in [-0.2, 0) is 0 Å². The molecule has 1 aliphatic rings. The molecule has 0 bridgehead atoms. The molecule has 0 spiro atoms. The van der Waals surface area contributed by atoms with Crippen molar-refractivity contribution in [3.05, 3.63) is 34.9 Å². The van der Waals surface area contributed by atoms with Crippen LogP contribution >= 0.6 is 0 Å². The smallest absolute Gasteiger partial charge is 0.0332 e. The Bertz CT molecular complexity index is 416. The van der Waals surface area contributed by atoms with Gasteiger partial charge in [-0.05, 0) is 51.1 Å². The number of aryl methyl sites for hydroxylation is 2. The molecule has 2 atom stereocenters. The Kier molecular flexibility index (Phi) is 4.97. The van der Waals surface area contributed by atoms with E-state index in [1.165, 1.54) is 16.7 Å². The van der Waals surface area contributed by atoms with Gasteiger partial charge in [0.05, 0.1) is 0 Å². The maximum Gasteiger partial charge on any atom is 0.0332 e. The maximum atomic E-state index is 3.63. The summed E-state index contributed by atoms with van der Waals surface area (Å²) in [5.41, 5.74) is 4.15. The van der Waals surface area contributed by atoms with Crippen molar-refractivity contribution in [1.82, 2.24) is 15.5 Å². The summed E-state index contributed by atoms with van der Waals surface area (Å²) in [4.78, 5) is 2.41. The highest BCUT2D eigenvalue weighted by Gasteiger charge is 2.21. The first kappa shape index (κ1) is 14.5. The Morgan fingerprint density at radius 3 is 2.79 bits per heavy atom. The number of nitrogens with zero attached hydrogens (tertiary/aromatic N) is 1. The van der Waals surface area contributed by atoms with Crippen LogP contribution < -0.4 is 10.6 Å². The second kappa shape index (κ2) is 6.51. The molecule has 0 aromatic heterocycles. The zero-order valence-corrected chi connectivity index (χ0v) is 12.7. The van der Waals surface area contributed by atoms with Crippen molar-refractivity contribution in [2.75, 3.05) is 33.7 Å². The average molecular weight is 261 g/mol. The number of benzene rings is 1. The fourth-order valence-electron chi connectivity index (χ4n) is 2.84. The summed E-state index contributed by atoms with van der Waals surface area (Å²) in [6, 6.07) is 7.83. The van der Waals surface area contributed by atoms with Gasteiger partial charge in [-0.15, -0.1) is 0 Å². The number of rotatable bonds is 4. The predicted molar refractivity (Wildman–Crippen MR) is 81.6 cm³/mol. The van der Waals surface area contributed by atoms with Gasteiger partial charge in [-0.2, -0.15) is 0 Å². The number of hydrogen-bond acceptors (Lipinski definition) is 3. The van der Waals surface area contributed by atoms with Gasteiger partial charge >= 0.3 is 0 Å². The number of nitrogens with one attached hydrogen (secondary N) is 2. The van der Waals surface area contributed by atoms with Gasteiger partial charge in [-0.1, -0.05) is 18.2 Å². The third kappa shape index (κ3) is 3.78. The summed E-state index contributed by atoms with van der Waals surface area (Å²) in [5, 5.41) is 7.10. The molecule has 3 heteroatoms. The van der Waals surface area contributed by atoms with Gasteiger partial charge in [0, 0.05) is 31.7 Å². The molecule has 0 radical (unpaired) electrons. The minimum Gasteiger partial charge on any atom is -0.313 e. The zero-order valence-electron chi connectivity index (χ0n) is 12.7. The van der Waals surface area contributed by atoms with E-state index in [1.807, 2.05) is 0 Å². The molecule has 2 N–H and O–H groups in total. The Hall–Kier alpha value is -0.900. The summed E-state index contributed by atoms with van der Waals surface area (Å²) in [6.45, 7) is 7.77. The van der Waals surface area contributed by atoms with Crippen molar-refractivity contribution < 1.29 is 0 Å². The Balaban J connectivity index is 2.04.